The van der Waals surface area contributed by atoms with Gasteiger partial charge in [-0.05, 0) is 48.4 Å². The molecule has 9 nitrogen and oxygen atoms in total. The highest BCUT2D eigenvalue weighted by molar-refractivity contribution is 6.00. The molecule has 9 heteroatoms. The number of primary amides is 1. The van der Waals surface area contributed by atoms with Crippen molar-refractivity contribution in [1.82, 2.24) is 4.90 Å². The Labute approximate surface area is 197 Å². The summed E-state index contributed by atoms with van der Waals surface area (Å²) < 4.78 is 5.73. The van der Waals surface area contributed by atoms with Crippen LogP contribution in [0.4, 0.5) is 0 Å². The highest BCUT2D eigenvalue weighted by Gasteiger charge is 2.30. The molecule has 0 aliphatic heterocycles. The van der Waals surface area contributed by atoms with E-state index in [1.54, 1.807) is 37.3 Å². The number of carboxylic acids is 1. The van der Waals surface area contributed by atoms with E-state index in [1.165, 1.54) is 6.08 Å². The van der Waals surface area contributed by atoms with Gasteiger partial charge in [-0.1, -0.05) is 30.3 Å². The molecule has 2 aromatic rings. The van der Waals surface area contributed by atoms with Crippen LogP contribution in [0.5, 0.6) is 5.75 Å². The van der Waals surface area contributed by atoms with E-state index in [-0.39, 0.29) is 12.4 Å². The van der Waals surface area contributed by atoms with Crippen molar-refractivity contribution < 1.29 is 24.2 Å². The monoisotopic (exact) mass is 464 g/mol. The molecule has 0 spiro atoms. The Hall–Kier alpha value is -4.40. The van der Waals surface area contributed by atoms with E-state index in [9.17, 15) is 19.5 Å². The van der Waals surface area contributed by atoms with Gasteiger partial charge in [0, 0.05) is 17.7 Å². The molecule has 1 atom stereocenters. The lowest BCUT2D eigenvalue weighted by atomic mass is 10.1. The average Bonchev–Trinajstić information content (AvgIpc) is 2.80. The molecular weight excluding hydrogens is 436 g/mol. The van der Waals surface area contributed by atoms with Crippen molar-refractivity contribution in [3.63, 3.8) is 0 Å². The number of benzene rings is 2. The van der Waals surface area contributed by atoms with Crippen LogP contribution < -0.4 is 16.2 Å². The molecule has 0 aliphatic carbocycles. The molecule has 0 radical (unpaired) electrons. The minimum Gasteiger partial charge on any atom is -0.489 e. The first-order valence-electron chi connectivity index (χ1n) is 10.4. The van der Waals surface area contributed by atoms with Gasteiger partial charge in [-0.2, -0.15) is 0 Å². The molecule has 0 saturated heterocycles. The molecule has 0 saturated carbocycles. The number of hydrogen-bond acceptors (Lipinski definition) is 5. The van der Waals surface area contributed by atoms with Crippen molar-refractivity contribution in [2.75, 3.05) is 6.54 Å². The lowest BCUT2D eigenvalue weighted by Gasteiger charge is -2.27. The number of nitrogens with one attached hydrogen (secondary N) is 1. The highest BCUT2D eigenvalue weighted by atomic mass is 16.5. The van der Waals surface area contributed by atoms with Gasteiger partial charge in [0.2, 0.25) is 5.91 Å². The normalized spacial score (nSPS) is 11.9. The second-order valence-corrected chi connectivity index (χ2v) is 7.57. The average molecular weight is 465 g/mol. The number of nitrogens with two attached hydrogens (primary N) is 2. The molecule has 2 rings (SSSR count). The largest absolute Gasteiger partial charge is 0.489 e. The molecule has 6 N–H and O–H groups in total. The summed E-state index contributed by atoms with van der Waals surface area (Å²) in [5.74, 6) is -2.04. The number of rotatable bonds is 12. The molecule has 0 heterocycles. The SMILES string of the molecule is C=CCN(C(=O)/C(C)=C/c1ccc(COc2ccc(C(=N)N)cc2)cc1)[C@@H](CC(N)=O)C(=O)O. The van der Waals surface area contributed by atoms with E-state index in [0.29, 0.717) is 23.5 Å². The van der Waals surface area contributed by atoms with E-state index in [0.717, 1.165) is 16.0 Å². The summed E-state index contributed by atoms with van der Waals surface area (Å²) in [5.41, 5.74) is 13.1. The Morgan fingerprint density at radius 1 is 1.12 bits per heavy atom. The number of amidine groups is 1. The maximum absolute atomic E-state index is 12.9. The third-order valence-corrected chi connectivity index (χ3v) is 4.91. The molecule has 2 aromatic carbocycles. The lowest BCUT2D eigenvalue weighted by molar-refractivity contribution is -0.149. The standard InChI is InChI=1S/C25H28N4O5/c1-3-12-29(21(25(32)33)14-22(26)30)24(31)16(2)13-17-4-6-18(7-5-17)15-34-20-10-8-19(9-11-20)23(27)28/h3-11,13,21H,1,12,14-15H2,2H3,(H2,26,30)(H3,27,28)(H,32,33)/b16-13+/t21-/m0/s1. The minimum absolute atomic E-state index is 0.0112. The molecule has 0 bridgehead atoms. The zero-order valence-corrected chi connectivity index (χ0v) is 18.9. The van der Waals surface area contributed by atoms with Crippen molar-refractivity contribution in [3.05, 3.63) is 83.4 Å². The van der Waals surface area contributed by atoms with Crippen molar-refractivity contribution in [1.29, 1.82) is 5.41 Å². The van der Waals surface area contributed by atoms with E-state index >= 15 is 0 Å². The van der Waals surface area contributed by atoms with E-state index < -0.39 is 30.2 Å². The first-order chi connectivity index (χ1) is 16.1. The number of ether oxygens (including phenoxy) is 1. The zero-order chi connectivity index (χ0) is 25.3. The van der Waals surface area contributed by atoms with Crippen molar-refractivity contribution in [3.8, 4) is 5.75 Å². The predicted molar refractivity (Wildman–Crippen MR) is 129 cm³/mol. The van der Waals surface area contributed by atoms with E-state index in [4.69, 9.17) is 21.6 Å². The van der Waals surface area contributed by atoms with Gasteiger partial charge in [0.05, 0.1) is 6.42 Å². The first-order valence-corrected chi connectivity index (χ1v) is 10.4. The summed E-state index contributed by atoms with van der Waals surface area (Å²) in [6.07, 6.45) is 2.53. The molecule has 0 fully saturated rings. The summed E-state index contributed by atoms with van der Waals surface area (Å²) in [6, 6.07) is 12.8. The van der Waals surface area contributed by atoms with Gasteiger partial charge < -0.3 is 26.2 Å². The fraction of sp³-hybridized carbons (Fsp3) is 0.200. The van der Waals surface area contributed by atoms with Gasteiger partial charge in [0.15, 0.2) is 0 Å². The van der Waals surface area contributed by atoms with E-state index in [2.05, 4.69) is 6.58 Å². The number of carbonyl (C=O) groups excluding carboxylic acids is 2. The van der Waals surface area contributed by atoms with Crippen LogP contribution in [0.1, 0.15) is 30.0 Å². The van der Waals surface area contributed by atoms with Crippen molar-refractivity contribution >= 4 is 29.7 Å². The predicted octanol–water partition coefficient (Wildman–Crippen LogP) is 2.30. The number of nitrogens with zero attached hydrogens (tertiary/aromatic N) is 1. The maximum Gasteiger partial charge on any atom is 0.326 e. The molecule has 0 aromatic heterocycles. The smallest absolute Gasteiger partial charge is 0.326 e. The van der Waals surface area contributed by atoms with Crippen molar-refractivity contribution in [2.45, 2.75) is 26.0 Å². The highest BCUT2D eigenvalue weighted by Crippen LogP contribution is 2.17. The van der Waals surface area contributed by atoms with Crippen molar-refractivity contribution in [2.24, 2.45) is 11.5 Å². The van der Waals surface area contributed by atoms with Crippen LogP contribution in [-0.4, -0.2) is 46.2 Å². The number of aliphatic carboxylic acids is 1. The topological polar surface area (TPSA) is 160 Å². The summed E-state index contributed by atoms with van der Waals surface area (Å²) >= 11 is 0. The van der Waals surface area contributed by atoms with Crippen LogP contribution in [0.25, 0.3) is 6.08 Å². The molecule has 0 aliphatic rings. The van der Waals surface area contributed by atoms with Crippen LogP contribution in [0, 0.1) is 5.41 Å². The number of carbonyl (C=O) groups is 3. The van der Waals surface area contributed by atoms with Gasteiger partial charge in [0.1, 0.15) is 24.2 Å². The van der Waals surface area contributed by atoms with Gasteiger partial charge in [0.25, 0.3) is 5.91 Å². The Morgan fingerprint density at radius 3 is 2.24 bits per heavy atom. The number of amides is 2. The number of nitrogen functional groups attached to an aromatic ring is 1. The van der Waals surface area contributed by atoms with Gasteiger partial charge in [-0.3, -0.25) is 15.0 Å². The molecule has 2 amide bonds. The third-order valence-electron chi connectivity index (χ3n) is 4.91. The van der Waals surface area contributed by atoms with Gasteiger partial charge in [-0.15, -0.1) is 6.58 Å². The first kappa shape index (κ1) is 25.9. The second kappa shape index (κ2) is 12.0. The third kappa shape index (κ3) is 7.33. The Morgan fingerprint density at radius 2 is 1.74 bits per heavy atom. The van der Waals surface area contributed by atoms with Crippen LogP contribution in [0.2, 0.25) is 0 Å². The number of hydrogen-bond donors (Lipinski definition) is 4. The minimum atomic E-state index is -1.38. The summed E-state index contributed by atoms with van der Waals surface area (Å²) in [6.45, 7) is 5.41. The summed E-state index contributed by atoms with van der Waals surface area (Å²) in [7, 11) is 0. The van der Waals surface area contributed by atoms with Gasteiger partial charge in [-0.25, -0.2) is 4.79 Å². The van der Waals surface area contributed by atoms with Gasteiger partial charge >= 0.3 is 5.97 Å². The Kier molecular flexibility index (Phi) is 9.13. The molecule has 0 unspecified atom stereocenters. The fourth-order valence-electron chi connectivity index (χ4n) is 3.16. The summed E-state index contributed by atoms with van der Waals surface area (Å²) in [5, 5.41) is 16.9. The fourth-order valence-corrected chi connectivity index (χ4v) is 3.16. The molecule has 178 valence electrons. The Balaban J connectivity index is 2.09. The second-order valence-electron chi connectivity index (χ2n) is 7.57. The van der Waals surface area contributed by atoms with Crippen LogP contribution in [-0.2, 0) is 21.0 Å². The number of carboxylic acid groups (broad SMARTS) is 1. The Bertz CT molecular complexity index is 1090. The summed E-state index contributed by atoms with van der Waals surface area (Å²) in [4.78, 5) is 36.9. The van der Waals surface area contributed by atoms with Crippen LogP contribution in [0.3, 0.4) is 0 Å². The lowest BCUT2D eigenvalue weighted by Crippen LogP contribution is -2.47. The van der Waals surface area contributed by atoms with Crippen LogP contribution in [0.15, 0.2) is 66.8 Å². The maximum atomic E-state index is 12.9. The molecular formula is C25H28N4O5. The zero-order valence-electron chi connectivity index (χ0n) is 18.9. The van der Waals surface area contributed by atoms with Crippen LogP contribution >= 0.6 is 0 Å². The molecule has 34 heavy (non-hydrogen) atoms. The van der Waals surface area contributed by atoms with E-state index in [1.807, 2.05) is 24.3 Å². The quantitative estimate of drug-likeness (QED) is 0.163.